The average Bonchev–Trinajstić information content (AvgIpc) is 2.91. The number of hydrazone groups is 1. The lowest BCUT2D eigenvalue weighted by molar-refractivity contribution is 0.0952. The minimum absolute atomic E-state index is 0.359. The van der Waals surface area contributed by atoms with Crippen LogP contribution in [0.4, 0.5) is 0 Å². The number of hydrogen-bond donors (Lipinski definition) is 1. The van der Waals surface area contributed by atoms with E-state index in [4.69, 9.17) is 9.47 Å². The molecular weight excluding hydrogens is 516 g/mol. The zero-order valence-corrected chi connectivity index (χ0v) is 21.2. The van der Waals surface area contributed by atoms with Gasteiger partial charge >= 0.3 is 0 Å². The standard InChI is InChI=1S/C30H23BrN2O3/c1-35-29-17-22-9-3-2-8-21(22)16-27(29)30(34)33-32-18-24-15-25(31)13-14-28(24)36-19-23-11-6-10-20-7-4-5-12-26(20)23/h2-18H,19H2,1H3,(H,33,34)/b32-18-. The normalized spacial score (nSPS) is 11.2. The molecule has 5 aromatic rings. The number of nitrogens with one attached hydrogen (secondary N) is 1. The van der Waals surface area contributed by atoms with E-state index in [2.05, 4.69) is 50.7 Å². The molecule has 0 aromatic heterocycles. The van der Waals surface area contributed by atoms with Crippen molar-refractivity contribution >= 4 is 49.6 Å². The van der Waals surface area contributed by atoms with Crippen LogP contribution in [0.5, 0.6) is 11.5 Å². The Morgan fingerprint density at radius 1 is 0.861 bits per heavy atom. The van der Waals surface area contributed by atoms with Gasteiger partial charge in [0, 0.05) is 10.0 Å². The predicted octanol–water partition coefficient (Wildman–Crippen LogP) is 7.11. The first-order chi connectivity index (χ1) is 17.6. The third-order valence-corrected chi connectivity index (χ3v) is 6.41. The zero-order chi connectivity index (χ0) is 24.9. The van der Waals surface area contributed by atoms with E-state index >= 15 is 0 Å². The number of benzene rings is 5. The molecule has 0 fully saturated rings. The molecular formula is C30H23BrN2O3. The number of nitrogens with zero attached hydrogens (tertiary/aromatic N) is 1. The van der Waals surface area contributed by atoms with Gasteiger partial charge in [-0.2, -0.15) is 5.10 Å². The van der Waals surface area contributed by atoms with Crippen LogP contribution in [-0.4, -0.2) is 19.2 Å². The maximum atomic E-state index is 12.9. The molecule has 36 heavy (non-hydrogen) atoms. The lowest BCUT2D eigenvalue weighted by atomic mass is 10.1. The van der Waals surface area contributed by atoms with Crippen molar-refractivity contribution in [3.63, 3.8) is 0 Å². The van der Waals surface area contributed by atoms with Gasteiger partial charge in [-0.25, -0.2) is 5.43 Å². The Morgan fingerprint density at radius 2 is 1.58 bits per heavy atom. The number of ether oxygens (including phenoxy) is 2. The number of rotatable bonds is 7. The summed E-state index contributed by atoms with van der Waals surface area (Å²) in [5, 5.41) is 8.47. The summed E-state index contributed by atoms with van der Waals surface area (Å²) >= 11 is 3.50. The molecule has 0 saturated carbocycles. The van der Waals surface area contributed by atoms with E-state index in [0.29, 0.717) is 23.7 Å². The Bertz CT molecular complexity index is 1590. The number of halogens is 1. The first kappa shape index (κ1) is 23.6. The minimum Gasteiger partial charge on any atom is -0.496 e. The quantitative estimate of drug-likeness (QED) is 0.177. The van der Waals surface area contributed by atoms with Crippen LogP contribution in [0.15, 0.2) is 107 Å². The van der Waals surface area contributed by atoms with Crippen molar-refractivity contribution in [1.29, 1.82) is 0 Å². The number of carbonyl (C=O) groups is 1. The molecule has 0 heterocycles. The molecule has 0 radical (unpaired) electrons. The first-order valence-electron chi connectivity index (χ1n) is 11.4. The second-order valence-corrected chi connectivity index (χ2v) is 9.12. The number of methoxy groups -OCH3 is 1. The van der Waals surface area contributed by atoms with Crippen molar-refractivity contribution in [1.82, 2.24) is 5.43 Å². The van der Waals surface area contributed by atoms with Crippen LogP contribution in [0.25, 0.3) is 21.5 Å². The summed E-state index contributed by atoms with van der Waals surface area (Å²) in [4.78, 5) is 12.9. The predicted molar refractivity (Wildman–Crippen MR) is 148 cm³/mol. The van der Waals surface area contributed by atoms with Gasteiger partial charge in [-0.15, -0.1) is 0 Å². The van der Waals surface area contributed by atoms with Crippen molar-refractivity contribution in [2.75, 3.05) is 7.11 Å². The van der Waals surface area contributed by atoms with E-state index in [0.717, 1.165) is 31.8 Å². The highest BCUT2D eigenvalue weighted by Crippen LogP contribution is 2.27. The van der Waals surface area contributed by atoms with Gasteiger partial charge in [0.1, 0.15) is 18.1 Å². The minimum atomic E-state index is -0.359. The van der Waals surface area contributed by atoms with Crippen molar-refractivity contribution < 1.29 is 14.3 Å². The number of carbonyl (C=O) groups excluding carboxylic acids is 1. The molecule has 5 nitrogen and oxygen atoms in total. The Morgan fingerprint density at radius 3 is 2.39 bits per heavy atom. The largest absolute Gasteiger partial charge is 0.496 e. The third-order valence-electron chi connectivity index (χ3n) is 5.92. The Labute approximate surface area is 217 Å². The highest BCUT2D eigenvalue weighted by molar-refractivity contribution is 9.10. The SMILES string of the molecule is COc1cc2ccccc2cc1C(=O)N/N=C\c1cc(Br)ccc1OCc1cccc2ccccc12. The summed E-state index contributed by atoms with van der Waals surface area (Å²) in [7, 11) is 1.55. The van der Waals surface area contributed by atoms with Gasteiger partial charge < -0.3 is 9.47 Å². The van der Waals surface area contributed by atoms with E-state index in [1.807, 2.05) is 66.7 Å². The number of amides is 1. The zero-order valence-electron chi connectivity index (χ0n) is 19.6. The monoisotopic (exact) mass is 538 g/mol. The molecule has 6 heteroatoms. The molecule has 1 amide bonds. The van der Waals surface area contributed by atoms with Gasteiger partial charge in [-0.1, -0.05) is 82.7 Å². The van der Waals surface area contributed by atoms with Crippen molar-refractivity contribution in [2.24, 2.45) is 5.10 Å². The third kappa shape index (κ3) is 5.09. The molecule has 5 rings (SSSR count). The van der Waals surface area contributed by atoms with E-state index in [-0.39, 0.29) is 5.91 Å². The molecule has 0 unspecified atom stereocenters. The van der Waals surface area contributed by atoms with Crippen LogP contribution in [-0.2, 0) is 6.61 Å². The average molecular weight is 539 g/mol. The molecule has 1 N–H and O–H groups in total. The first-order valence-corrected chi connectivity index (χ1v) is 12.2. The molecule has 0 bridgehead atoms. The summed E-state index contributed by atoms with van der Waals surface area (Å²) in [6.07, 6.45) is 1.58. The van der Waals surface area contributed by atoms with Gasteiger partial charge in [0.25, 0.3) is 5.91 Å². The van der Waals surface area contributed by atoms with Crippen molar-refractivity contribution in [3.8, 4) is 11.5 Å². The fraction of sp³-hybridized carbons (Fsp3) is 0.0667. The molecule has 0 spiro atoms. The Kier molecular flexibility index (Phi) is 6.96. The van der Waals surface area contributed by atoms with Crippen molar-refractivity contribution in [3.05, 3.63) is 118 Å². The summed E-state index contributed by atoms with van der Waals surface area (Å²) in [6.45, 7) is 0.407. The van der Waals surface area contributed by atoms with Crippen LogP contribution in [0.3, 0.4) is 0 Å². The molecule has 0 aliphatic rings. The van der Waals surface area contributed by atoms with E-state index in [9.17, 15) is 4.79 Å². The van der Waals surface area contributed by atoms with Crippen LogP contribution >= 0.6 is 15.9 Å². The van der Waals surface area contributed by atoms with Crippen molar-refractivity contribution in [2.45, 2.75) is 6.61 Å². The highest BCUT2D eigenvalue weighted by atomic mass is 79.9. The van der Waals surface area contributed by atoms with Gasteiger partial charge in [0.2, 0.25) is 0 Å². The summed E-state index contributed by atoms with van der Waals surface area (Å²) in [5.74, 6) is 0.789. The molecule has 0 atom stereocenters. The van der Waals surface area contributed by atoms with Crippen LogP contribution in [0, 0.1) is 0 Å². The lowest BCUT2D eigenvalue weighted by Gasteiger charge is -2.12. The fourth-order valence-electron chi connectivity index (χ4n) is 4.11. The summed E-state index contributed by atoms with van der Waals surface area (Å²) < 4.78 is 12.5. The van der Waals surface area contributed by atoms with E-state index < -0.39 is 0 Å². The fourth-order valence-corrected chi connectivity index (χ4v) is 4.49. The maximum Gasteiger partial charge on any atom is 0.275 e. The van der Waals surface area contributed by atoms with Crippen LogP contribution in [0.1, 0.15) is 21.5 Å². The van der Waals surface area contributed by atoms with Gasteiger partial charge in [-0.3, -0.25) is 4.79 Å². The lowest BCUT2D eigenvalue weighted by Crippen LogP contribution is -2.18. The topological polar surface area (TPSA) is 59.9 Å². The molecule has 0 aliphatic carbocycles. The molecule has 0 aliphatic heterocycles. The number of fused-ring (bicyclic) bond motifs is 2. The van der Waals surface area contributed by atoms with Gasteiger partial charge in [0.15, 0.2) is 0 Å². The summed E-state index contributed by atoms with van der Waals surface area (Å²) in [5.41, 5.74) is 4.85. The Hall–Kier alpha value is -4.16. The molecule has 0 saturated heterocycles. The molecule has 5 aromatic carbocycles. The van der Waals surface area contributed by atoms with Crippen LogP contribution in [0.2, 0.25) is 0 Å². The summed E-state index contributed by atoms with van der Waals surface area (Å²) in [6, 6.07) is 31.6. The van der Waals surface area contributed by atoms with E-state index in [1.165, 1.54) is 5.39 Å². The maximum absolute atomic E-state index is 12.9. The second-order valence-electron chi connectivity index (χ2n) is 8.21. The molecule has 178 valence electrons. The van der Waals surface area contributed by atoms with Crippen LogP contribution < -0.4 is 14.9 Å². The van der Waals surface area contributed by atoms with Gasteiger partial charge in [0.05, 0.1) is 18.9 Å². The Balaban J connectivity index is 1.34. The van der Waals surface area contributed by atoms with E-state index in [1.54, 1.807) is 19.4 Å². The number of hydrogen-bond acceptors (Lipinski definition) is 4. The smallest absolute Gasteiger partial charge is 0.275 e. The second kappa shape index (κ2) is 10.6. The highest BCUT2D eigenvalue weighted by Gasteiger charge is 2.13. The van der Waals surface area contributed by atoms with Gasteiger partial charge in [-0.05, 0) is 57.4 Å².